The van der Waals surface area contributed by atoms with Gasteiger partial charge in [-0.1, -0.05) is 19.8 Å². The minimum absolute atomic E-state index is 0.326. The summed E-state index contributed by atoms with van der Waals surface area (Å²) in [4.78, 5) is 10.7. The van der Waals surface area contributed by atoms with E-state index >= 15 is 0 Å². The van der Waals surface area contributed by atoms with E-state index in [9.17, 15) is 4.79 Å². The highest BCUT2D eigenvalue weighted by Gasteiger charge is 2.03. The number of carboxylic acid groups (broad SMARTS) is 1. The Balaban J connectivity index is 2.51. The van der Waals surface area contributed by atoms with Gasteiger partial charge in [0, 0.05) is 11.7 Å². The Morgan fingerprint density at radius 1 is 1.38 bits per heavy atom. The third-order valence-corrected chi connectivity index (χ3v) is 2.54. The van der Waals surface area contributed by atoms with Crippen LogP contribution in [0.4, 0.5) is 5.69 Å². The number of anilines is 1. The Hall–Kier alpha value is -1.51. The summed E-state index contributed by atoms with van der Waals surface area (Å²) in [6, 6.07) is 7.29. The molecule has 0 aliphatic heterocycles. The summed E-state index contributed by atoms with van der Waals surface area (Å²) >= 11 is 0. The van der Waals surface area contributed by atoms with Gasteiger partial charge in [0.2, 0.25) is 0 Å². The Morgan fingerprint density at radius 3 is 2.50 bits per heavy atom. The second kappa shape index (κ2) is 6.16. The summed E-state index contributed by atoms with van der Waals surface area (Å²) < 4.78 is 0. The van der Waals surface area contributed by atoms with E-state index in [1.807, 2.05) is 12.1 Å². The molecule has 16 heavy (non-hydrogen) atoms. The van der Waals surface area contributed by atoms with E-state index in [1.165, 1.54) is 12.8 Å². The van der Waals surface area contributed by atoms with Crippen molar-refractivity contribution in [3.05, 3.63) is 29.8 Å². The number of rotatable bonds is 6. The highest BCUT2D eigenvalue weighted by Crippen LogP contribution is 2.12. The highest BCUT2D eigenvalue weighted by atomic mass is 16.4. The molecular weight excluding hydrogens is 202 g/mol. The molecule has 0 saturated heterocycles. The summed E-state index contributed by atoms with van der Waals surface area (Å²) in [6.45, 7) is 4.31. The maximum absolute atomic E-state index is 10.7. The smallest absolute Gasteiger partial charge is 0.335 e. The van der Waals surface area contributed by atoms with Crippen LogP contribution in [-0.2, 0) is 0 Å². The van der Waals surface area contributed by atoms with Crippen molar-refractivity contribution < 1.29 is 9.90 Å². The van der Waals surface area contributed by atoms with Crippen molar-refractivity contribution in [1.82, 2.24) is 0 Å². The predicted octanol–water partition coefficient (Wildman–Crippen LogP) is 3.38. The molecule has 0 heterocycles. The molecule has 0 spiro atoms. The molecular formula is C13H19NO2. The van der Waals surface area contributed by atoms with Gasteiger partial charge >= 0.3 is 5.97 Å². The fraction of sp³-hybridized carbons (Fsp3) is 0.462. The van der Waals surface area contributed by atoms with Gasteiger partial charge in [0.25, 0.3) is 0 Å². The average Bonchev–Trinajstić information content (AvgIpc) is 2.27. The second-order valence-electron chi connectivity index (χ2n) is 4.07. The van der Waals surface area contributed by atoms with Crippen LogP contribution in [0.25, 0.3) is 0 Å². The molecule has 0 radical (unpaired) electrons. The Morgan fingerprint density at radius 2 is 2.00 bits per heavy atom. The molecule has 3 heteroatoms. The Labute approximate surface area is 96.5 Å². The number of hydrogen-bond acceptors (Lipinski definition) is 2. The monoisotopic (exact) mass is 221 g/mol. The summed E-state index contributed by atoms with van der Waals surface area (Å²) in [6.07, 6.45) is 3.54. The molecule has 1 aromatic rings. The minimum Gasteiger partial charge on any atom is -0.478 e. The van der Waals surface area contributed by atoms with Gasteiger partial charge in [-0.15, -0.1) is 0 Å². The largest absolute Gasteiger partial charge is 0.478 e. The number of hydrogen-bond donors (Lipinski definition) is 2. The van der Waals surface area contributed by atoms with Crippen molar-refractivity contribution >= 4 is 11.7 Å². The Bertz CT molecular complexity index is 332. The molecule has 0 aromatic heterocycles. The van der Waals surface area contributed by atoms with E-state index in [0.29, 0.717) is 11.6 Å². The van der Waals surface area contributed by atoms with Crippen LogP contribution in [0.2, 0.25) is 0 Å². The van der Waals surface area contributed by atoms with E-state index in [-0.39, 0.29) is 0 Å². The van der Waals surface area contributed by atoms with Gasteiger partial charge in [-0.25, -0.2) is 4.79 Å². The molecule has 3 nitrogen and oxygen atoms in total. The van der Waals surface area contributed by atoms with Gasteiger partial charge in [0.15, 0.2) is 0 Å². The molecule has 88 valence electrons. The number of unbranched alkanes of at least 4 members (excludes halogenated alkanes) is 1. The first-order valence-corrected chi connectivity index (χ1v) is 5.73. The van der Waals surface area contributed by atoms with Crippen molar-refractivity contribution in [2.75, 3.05) is 5.32 Å². The van der Waals surface area contributed by atoms with Crippen LogP contribution in [0, 0.1) is 0 Å². The first kappa shape index (κ1) is 12.6. The van der Waals surface area contributed by atoms with Crippen LogP contribution in [0.1, 0.15) is 43.5 Å². The summed E-state index contributed by atoms with van der Waals surface area (Å²) in [5.41, 5.74) is 1.31. The molecule has 0 saturated carbocycles. The van der Waals surface area contributed by atoms with E-state index in [4.69, 9.17) is 5.11 Å². The van der Waals surface area contributed by atoms with Crippen molar-refractivity contribution in [2.45, 2.75) is 39.2 Å². The van der Waals surface area contributed by atoms with Crippen LogP contribution in [-0.4, -0.2) is 17.1 Å². The SMILES string of the molecule is CCCCC(C)Nc1ccc(C(=O)O)cc1. The zero-order valence-electron chi connectivity index (χ0n) is 9.86. The maximum Gasteiger partial charge on any atom is 0.335 e. The lowest BCUT2D eigenvalue weighted by molar-refractivity contribution is 0.0697. The van der Waals surface area contributed by atoms with Gasteiger partial charge in [-0.2, -0.15) is 0 Å². The maximum atomic E-state index is 10.7. The lowest BCUT2D eigenvalue weighted by atomic mass is 10.1. The highest BCUT2D eigenvalue weighted by molar-refractivity contribution is 5.87. The van der Waals surface area contributed by atoms with E-state index in [0.717, 1.165) is 12.1 Å². The summed E-state index contributed by atoms with van der Waals surface area (Å²) in [5.74, 6) is -0.884. The van der Waals surface area contributed by atoms with Crippen LogP contribution in [0.5, 0.6) is 0 Å². The Kier molecular flexibility index (Phi) is 4.83. The minimum atomic E-state index is -0.884. The summed E-state index contributed by atoms with van der Waals surface area (Å²) in [7, 11) is 0. The lowest BCUT2D eigenvalue weighted by Crippen LogP contribution is -2.14. The molecule has 1 rings (SSSR count). The third-order valence-electron chi connectivity index (χ3n) is 2.54. The topological polar surface area (TPSA) is 49.3 Å². The first-order chi connectivity index (χ1) is 7.63. The van der Waals surface area contributed by atoms with Crippen LogP contribution < -0.4 is 5.32 Å². The fourth-order valence-corrected chi connectivity index (χ4v) is 1.58. The molecule has 0 aliphatic rings. The normalized spacial score (nSPS) is 12.1. The quantitative estimate of drug-likeness (QED) is 0.774. The molecule has 0 aliphatic carbocycles. The van der Waals surface area contributed by atoms with Crippen LogP contribution in [0.3, 0.4) is 0 Å². The van der Waals surface area contributed by atoms with Crippen molar-refractivity contribution in [3.8, 4) is 0 Å². The van der Waals surface area contributed by atoms with E-state index in [1.54, 1.807) is 12.1 Å². The van der Waals surface area contributed by atoms with Crippen LogP contribution in [0.15, 0.2) is 24.3 Å². The van der Waals surface area contributed by atoms with Gasteiger partial charge in [-0.05, 0) is 37.6 Å². The van der Waals surface area contributed by atoms with Gasteiger partial charge in [0.1, 0.15) is 0 Å². The number of carbonyl (C=O) groups is 1. The molecule has 0 fully saturated rings. The number of aromatic carboxylic acids is 1. The predicted molar refractivity (Wildman–Crippen MR) is 66.0 cm³/mol. The zero-order valence-corrected chi connectivity index (χ0v) is 9.86. The molecule has 0 amide bonds. The van der Waals surface area contributed by atoms with Gasteiger partial charge in [0.05, 0.1) is 5.56 Å². The summed E-state index contributed by atoms with van der Waals surface area (Å²) in [5, 5.41) is 12.1. The van der Waals surface area contributed by atoms with Crippen LogP contribution >= 0.6 is 0 Å². The molecule has 2 N–H and O–H groups in total. The van der Waals surface area contributed by atoms with Gasteiger partial charge < -0.3 is 10.4 Å². The lowest BCUT2D eigenvalue weighted by Gasteiger charge is -2.14. The van der Waals surface area contributed by atoms with Gasteiger partial charge in [-0.3, -0.25) is 0 Å². The number of benzene rings is 1. The molecule has 0 bridgehead atoms. The first-order valence-electron chi connectivity index (χ1n) is 5.73. The molecule has 1 aromatic carbocycles. The van der Waals surface area contributed by atoms with E-state index in [2.05, 4.69) is 19.2 Å². The number of carboxylic acids is 1. The second-order valence-corrected chi connectivity index (χ2v) is 4.07. The number of nitrogens with one attached hydrogen (secondary N) is 1. The molecule has 1 atom stereocenters. The fourth-order valence-electron chi connectivity index (χ4n) is 1.58. The molecule has 1 unspecified atom stereocenters. The standard InChI is InChI=1S/C13H19NO2/c1-3-4-5-10(2)14-12-8-6-11(7-9-12)13(15)16/h6-10,14H,3-5H2,1-2H3,(H,15,16). The van der Waals surface area contributed by atoms with Crippen molar-refractivity contribution in [2.24, 2.45) is 0 Å². The van der Waals surface area contributed by atoms with Crippen molar-refractivity contribution in [3.63, 3.8) is 0 Å². The zero-order chi connectivity index (χ0) is 12.0. The van der Waals surface area contributed by atoms with E-state index < -0.39 is 5.97 Å². The van der Waals surface area contributed by atoms with Crippen molar-refractivity contribution in [1.29, 1.82) is 0 Å². The third kappa shape index (κ3) is 3.93. The average molecular weight is 221 g/mol.